The Hall–Kier alpha value is -3.48. The first-order valence-electron chi connectivity index (χ1n) is 8.87. The van der Waals surface area contributed by atoms with Gasteiger partial charge in [0.15, 0.2) is 5.69 Å². The van der Waals surface area contributed by atoms with Crippen LogP contribution in [-0.2, 0) is 17.8 Å². The molecule has 1 N–H and O–H groups in total. The van der Waals surface area contributed by atoms with E-state index in [2.05, 4.69) is 5.10 Å². The zero-order valence-electron chi connectivity index (χ0n) is 15.2. The Balaban J connectivity index is 1.65. The first kappa shape index (κ1) is 17.9. The SMILES string of the molecule is Cc1cc(F)ccc1-n1ccc(C(=O)N2Cc3ccccc3CC2C(=O)O)n1. The maximum atomic E-state index is 13.3. The highest BCUT2D eigenvalue weighted by atomic mass is 19.1. The molecular formula is C21H18FN3O3. The smallest absolute Gasteiger partial charge is 0.326 e. The van der Waals surface area contributed by atoms with Gasteiger partial charge in [0.1, 0.15) is 11.9 Å². The molecule has 1 amide bonds. The fourth-order valence-electron chi connectivity index (χ4n) is 3.55. The Bertz CT molecular complexity index is 1080. The van der Waals surface area contributed by atoms with Crippen LogP contribution < -0.4 is 0 Å². The van der Waals surface area contributed by atoms with Crippen molar-refractivity contribution >= 4 is 11.9 Å². The first-order chi connectivity index (χ1) is 13.4. The molecule has 0 fully saturated rings. The number of nitrogens with zero attached hydrogens (tertiary/aromatic N) is 3. The number of rotatable bonds is 3. The second-order valence-electron chi connectivity index (χ2n) is 6.84. The van der Waals surface area contributed by atoms with Crippen LogP contribution in [0.3, 0.4) is 0 Å². The molecule has 1 unspecified atom stereocenters. The predicted octanol–water partition coefficient (Wildman–Crippen LogP) is 2.97. The summed E-state index contributed by atoms with van der Waals surface area (Å²) in [7, 11) is 0. The van der Waals surface area contributed by atoms with E-state index in [4.69, 9.17) is 0 Å². The minimum atomic E-state index is -1.04. The van der Waals surface area contributed by atoms with Crippen LogP contribution >= 0.6 is 0 Å². The van der Waals surface area contributed by atoms with Gasteiger partial charge in [0.25, 0.3) is 5.91 Å². The number of benzene rings is 2. The Morgan fingerprint density at radius 3 is 2.61 bits per heavy atom. The van der Waals surface area contributed by atoms with E-state index >= 15 is 0 Å². The van der Waals surface area contributed by atoms with E-state index in [0.717, 1.165) is 11.1 Å². The van der Waals surface area contributed by atoms with Crippen molar-refractivity contribution in [2.24, 2.45) is 0 Å². The molecule has 0 saturated carbocycles. The largest absolute Gasteiger partial charge is 0.480 e. The van der Waals surface area contributed by atoms with Crippen LogP contribution in [0, 0.1) is 12.7 Å². The summed E-state index contributed by atoms with van der Waals surface area (Å²) in [4.78, 5) is 26.1. The van der Waals surface area contributed by atoms with E-state index in [1.165, 1.54) is 21.7 Å². The molecule has 1 aliphatic heterocycles. The molecule has 4 rings (SSSR count). The monoisotopic (exact) mass is 379 g/mol. The minimum Gasteiger partial charge on any atom is -0.480 e. The summed E-state index contributed by atoms with van der Waals surface area (Å²) in [6, 6.07) is 12.4. The van der Waals surface area contributed by atoms with Crippen molar-refractivity contribution < 1.29 is 19.1 Å². The van der Waals surface area contributed by atoms with Gasteiger partial charge in [0.05, 0.1) is 5.69 Å². The minimum absolute atomic E-state index is 0.148. The lowest BCUT2D eigenvalue weighted by Crippen LogP contribution is -2.48. The molecule has 1 atom stereocenters. The summed E-state index contributed by atoms with van der Waals surface area (Å²) in [5.74, 6) is -1.84. The zero-order chi connectivity index (χ0) is 19.8. The topological polar surface area (TPSA) is 75.4 Å². The molecule has 0 aliphatic carbocycles. The molecule has 142 valence electrons. The molecule has 0 bridgehead atoms. The number of aryl methyl sites for hydroxylation is 1. The zero-order valence-corrected chi connectivity index (χ0v) is 15.2. The molecule has 0 radical (unpaired) electrons. The van der Waals surface area contributed by atoms with Crippen molar-refractivity contribution in [2.45, 2.75) is 25.9 Å². The summed E-state index contributed by atoms with van der Waals surface area (Å²) >= 11 is 0. The third-order valence-corrected chi connectivity index (χ3v) is 5.01. The van der Waals surface area contributed by atoms with Crippen LogP contribution in [0.15, 0.2) is 54.7 Å². The summed E-state index contributed by atoms with van der Waals surface area (Å²) in [5, 5.41) is 13.9. The van der Waals surface area contributed by atoms with Crippen molar-refractivity contribution in [2.75, 3.05) is 0 Å². The third kappa shape index (κ3) is 3.15. The molecule has 0 spiro atoms. The molecular weight excluding hydrogens is 361 g/mol. The Labute approximate surface area is 160 Å². The van der Waals surface area contributed by atoms with Gasteiger partial charge in [-0.05, 0) is 47.9 Å². The molecule has 2 aromatic carbocycles. The number of carbonyl (C=O) groups is 2. The van der Waals surface area contributed by atoms with E-state index in [1.54, 1.807) is 25.3 Å². The van der Waals surface area contributed by atoms with Crippen molar-refractivity contribution in [1.82, 2.24) is 14.7 Å². The van der Waals surface area contributed by atoms with Gasteiger partial charge in [-0.25, -0.2) is 13.9 Å². The normalized spacial score (nSPS) is 15.9. The fourth-order valence-corrected chi connectivity index (χ4v) is 3.55. The summed E-state index contributed by atoms with van der Waals surface area (Å²) < 4.78 is 14.8. The number of amides is 1. The van der Waals surface area contributed by atoms with Gasteiger partial charge < -0.3 is 10.0 Å². The standard InChI is InChI=1S/C21H18FN3O3/c1-13-10-16(22)6-7-18(13)25-9-8-17(23-25)20(26)24-12-15-5-3-2-4-14(15)11-19(24)21(27)28/h2-10,19H,11-12H2,1H3,(H,27,28). The third-order valence-electron chi connectivity index (χ3n) is 5.01. The average Bonchev–Trinajstić information content (AvgIpc) is 3.16. The van der Waals surface area contributed by atoms with Crippen molar-refractivity contribution in [3.05, 3.63) is 82.9 Å². The quantitative estimate of drug-likeness (QED) is 0.759. The Kier molecular flexibility index (Phi) is 4.43. The second kappa shape index (κ2) is 6.92. The lowest BCUT2D eigenvalue weighted by molar-refractivity contribution is -0.142. The summed E-state index contributed by atoms with van der Waals surface area (Å²) in [6.45, 7) is 1.97. The fraction of sp³-hybridized carbons (Fsp3) is 0.190. The number of carboxylic acids is 1. The van der Waals surface area contributed by atoms with Gasteiger partial charge in [-0.1, -0.05) is 24.3 Å². The summed E-state index contributed by atoms with van der Waals surface area (Å²) in [5.41, 5.74) is 3.35. The van der Waals surface area contributed by atoms with Crippen molar-refractivity contribution in [3.63, 3.8) is 0 Å². The number of aromatic nitrogens is 2. The number of hydrogen-bond acceptors (Lipinski definition) is 3. The second-order valence-corrected chi connectivity index (χ2v) is 6.84. The van der Waals surface area contributed by atoms with E-state index < -0.39 is 17.9 Å². The average molecular weight is 379 g/mol. The van der Waals surface area contributed by atoms with Gasteiger partial charge in [-0.15, -0.1) is 0 Å². The Morgan fingerprint density at radius 1 is 1.14 bits per heavy atom. The van der Waals surface area contributed by atoms with Gasteiger partial charge in [0, 0.05) is 19.2 Å². The van der Waals surface area contributed by atoms with Crippen LogP contribution in [-0.4, -0.2) is 37.7 Å². The highest BCUT2D eigenvalue weighted by Gasteiger charge is 2.35. The Morgan fingerprint density at radius 2 is 1.89 bits per heavy atom. The van der Waals surface area contributed by atoms with Crippen molar-refractivity contribution in [1.29, 1.82) is 0 Å². The first-order valence-corrected chi connectivity index (χ1v) is 8.87. The molecule has 0 saturated heterocycles. The van der Waals surface area contributed by atoms with E-state index in [-0.39, 0.29) is 24.5 Å². The number of aliphatic carboxylic acids is 1. The number of halogens is 1. The van der Waals surface area contributed by atoms with Crippen LogP contribution in [0.2, 0.25) is 0 Å². The highest BCUT2D eigenvalue weighted by Crippen LogP contribution is 2.25. The van der Waals surface area contributed by atoms with Crippen LogP contribution in [0.25, 0.3) is 5.69 Å². The number of carbonyl (C=O) groups excluding carboxylic acids is 1. The lowest BCUT2D eigenvalue weighted by Gasteiger charge is -2.34. The molecule has 7 heteroatoms. The maximum absolute atomic E-state index is 13.3. The van der Waals surface area contributed by atoms with Crippen LogP contribution in [0.1, 0.15) is 27.2 Å². The molecule has 1 aromatic heterocycles. The number of fused-ring (bicyclic) bond motifs is 1. The predicted molar refractivity (Wildman–Crippen MR) is 99.7 cm³/mol. The van der Waals surface area contributed by atoms with Gasteiger partial charge in [-0.3, -0.25) is 4.79 Å². The molecule has 3 aromatic rings. The molecule has 2 heterocycles. The van der Waals surface area contributed by atoms with Gasteiger partial charge >= 0.3 is 5.97 Å². The van der Waals surface area contributed by atoms with Crippen LogP contribution in [0.4, 0.5) is 4.39 Å². The van der Waals surface area contributed by atoms with Gasteiger partial charge in [0.2, 0.25) is 0 Å². The van der Waals surface area contributed by atoms with E-state index in [0.29, 0.717) is 11.3 Å². The van der Waals surface area contributed by atoms with Crippen LogP contribution in [0.5, 0.6) is 0 Å². The number of carboxylic acid groups (broad SMARTS) is 1. The van der Waals surface area contributed by atoms with E-state index in [1.807, 2.05) is 24.3 Å². The van der Waals surface area contributed by atoms with E-state index in [9.17, 15) is 19.1 Å². The molecule has 1 aliphatic rings. The molecule has 28 heavy (non-hydrogen) atoms. The number of hydrogen-bond donors (Lipinski definition) is 1. The van der Waals surface area contributed by atoms with Gasteiger partial charge in [-0.2, -0.15) is 5.10 Å². The lowest BCUT2D eigenvalue weighted by atomic mass is 9.93. The summed E-state index contributed by atoms with van der Waals surface area (Å²) in [6.07, 6.45) is 1.87. The van der Waals surface area contributed by atoms with Crippen molar-refractivity contribution in [3.8, 4) is 5.69 Å². The highest BCUT2D eigenvalue weighted by molar-refractivity contribution is 5.95. The molecule has 6 nitrogen and oxygen atoms in total. The maximum Gasteiger partial charge on any atom is 0.326 e.